The van der Waals surface area contributed by atoms with Crippen LogP contribution in [-0.4, -0.2) is 210 Å². The van der Waals surface area contributed by atoms with Gasteiger partial charge in [0.15, 0.2) is 61.8 Å². The van der Waals surface area contributed by atoms with E-state index in [0.29, 0.717) is 0 Å². The quantitative estimate of drug-likeness (QED) is 0.0863. The van der Waals surface area contributed by atoms with Crippen molar-refractivity contribution in [2.24, 2.45) is 11.8 Å². The van der Waals surface area contributed by atoms with Crippen LogP contribution in [0.2, 0.25) is 0 Å². The summed E-state index contributed by atoms with van der Waals surface area (Å²) in [6.07, 6.45) is -30.6. The molecule has 3 aromatic rings. The van der Waals surface area contributed by atoms with E-state index < -0.39 is 215 Å². The van der Waals surface area contributed by atoms with E-state index in [1.54, 1.807) is 54.6 Å². The Hall–Kier alpha value is -8.49. The maximum atomic E-state index is 14.2. The van der Waals surface area contributed by atoms with Gasteiger partial charge in [0.2, 0.25) is 0 Å². The molecule has 19 unspecified atom stereocenters. The summed E-state index contributed by atoms with van der Waals surface area (Å²) in [5.41, 5.74) is 0.293. The average molecular weight is 1330 g/mol. The van der Waals surface area contributed by atoms with Crippen LogP contribution in [0.15, 0.2) is 91.0 Å². The fourth-order valence-electron chi connectivity index (χ4n) is 10.9. The Balaban J connectivity index is 1.38. The number of carbonyl (C=O) groups excluding carboxylic acids is 11. The molecule has 4 aliphatic heterocycles. The second-order valence-electron chi connectivity index (χ2n) is 22.1. The van der Waals surface area contributed by atoms with Crippen LogP contribution in [0.3, 0.4) is 0 Å². The van der Waals surface area contributed by atoms with Gasteiger partial charge in [0.25, 0.3) is 0 Å². The number of carbonyl (C=O) groups is 11. The highest BCUT2D eigenvalue weighted by Crippen LogP contribution is 2.40. The Morgan fingerprint density at radius 3 is 1.05 bits per heavy atom. The molecule has 4 saturated heterocycles. The SMILES string of the molecule is COC1OC(COC(C)=O)C(OC(C)=O)C(OC2OC(COC3OC(COC(=O)c4ccccc4)C(OC(=O)c4ccccc4)C(OC(=O)c4ccccc4)C3C)[C@H](OC(C)=O)C(OC3OC(COC(C)=O)C(OC(C)=O)C(C)C3OC(C)=O)C2OC(C)=O)C1OC(C)=O. The monoisotopic (exact) mass is 1320 g/mol. The van der Waals surface area contributed by atoms with E-state index in [1.807, 2.05) is 0 Å². The van der Waals surface area contributed by atoms with Crippen molar-refractivity contribution in [1.82, 2.24) is 0 Å². The van der Waals surface area contributed by atoms with Crippen LogP contribution in [-0.2, 0) is 128 Å². The minimum atomic E-state index is -2.13. The number of hydrogen-bond acceptors (Lipinski definition) is 30. The normalized spacial score (nSPS) is 30.5. The first-order valence-corrected chi connectivity index (χ1v) is 29.8. The van der Waals surface area contributed by atoms with Crippen molar-refractivity contribution >= 4 is 65.7 Å². The lowest BCUT2D eigenvalue weighted by atomic mass is 9.89. The fraction of sp³-hybridized carbons (Fsp3) is 0.547. The van der Waals surface area contributed by atoms with Crippen molar-refractivity contribution < 1.29 is 143 Å². The van der Waals surface area contributed by atoms with Gasteiger partial charge < -0.3 is 90.0 Å². The van der Waals surface area contributed by atoms with Gasteiger partial charge in [-0.2, -0.15) is 0 Å². The Morgan fingerprint density at radius 1 is 0.309 bits per heavy atom. The van der Waals surface area contributed by atoms with Crippen molar-refractivity contribution in [1.29, 1.82) is 0 Å². The average Bonchev–Trinajstić information content (AvgIpc) is 0.767. The summed E-state index contributed by atoms with van der Waals surface area (Å²) < 4.78 is 115. The van der Waals surface area contributed by atoms with Crippen LogP contribution in [0, 0.1) is 11.8 Å². The van der Waals surface area contributed by atoms with Gasteiger partial charge in [0.1, 0.15) is 68.7 Å². The standard InChI is InChI=1S/C64H76O30/c1-31-48(81-35(5)67)44(27-77-33(3)65)89-63(50(31)82-36(6)68)93-55-53(84-38(8)70)47(90-64(57(55)86-40(10)72)94-54-52(83-37(7)69)45(28-78-34(4)66)88-62(76-11)56(54)85-39(9)71)30-80-61-32(2)49(91-59(74)42-23-17-13-18-24-42)51(92-60(75)43-25-19-14-20-26-43)46(87-61)29-79-58(73)41-21-15-12-16-22-41/h12-26,31-32,44-57,61-64H,27-30H2,1-11H3/t31?,32?,44?,45?,46?,47?,48?,49?,50?,51?,52?,53-,54?,55?,56?,57?,61?,62?,63?,64?/m0/s1. The van der Waals surface area contributed by atoms with Gasteiger partial charge in [-0.15, -0.1) is 0 Å². The fourth-order valence-corrected chi connectivity index (χ4v) is 10.9. The summed E-state index contributed by atoms with van der Waals surface area (Å²) in [4.78, 5) is 145. The number of esters is 11. The van der Waals surface area contributed by atoms with Crippen molar-refractivity contribution in [3.63, 3.8) is 0 Å². The molecule has 0 radical (unpaired) electrons. The molecular formula is C64H76O30. The Labute approximate surface area is 539 Å². The second kappa shape index (κ2) is 34.1. The van der Waals surface area contributed by atoms with Crippen LogP contribution in [0.5, 0.6) is 0 Å². The van der Waals surface area contributed by atoms with Gasteiger partial charge >= 0.3 is 65.7 Å². The zero-order valence-corrected chi connectivity index (χ0v) is 53.3. The molecule has 0 aliphatic carbocycles. The maximum absolute atomic E-state index is 14.2. The predicted octanol–water partition coefficient (Wildman–Crippen LogP) is 3.62. The Bertz CT molecular complexity index is 3110. The molecule has 20 atom stereocenters. The van der Waals surface area contributed by atoms with Gasteiger partial charge in [-0.05, 0) is 36.4 Å². The molecule has 7 rings (SSSR count). The molecule has 94 heavy (non-hydrogen) atoms. The Kier molecular flexibility index (Phi) is 26.4. The molecular weight excluding hydrogens is 1250 g/mol. The van der Waals surface area contributed by atoms with Crippen LogP contribution >= 0.6 is 0 Å². The molecule has 4 fully saturated rings. The molecule has 0 bridgehead atoms. The van der Waals surface area contributed by atoms with Crippen molar-refractivity contribution in [2.45, 2.75) is 180 Å². The van der Waals surface area contributed by atoms with Gasteiger partial charge in [-0.3, -0.25) is 38.4 Å². The topological polar surface area (TPSA) is 363 Å². The first kappa shape index (κ1) is 72.9. The summed E-state index contributed by atoms with van der Waals surface area (Å²) in [6, 6.07) is 23.5. The van der Waals surface area contributed by atoms with Gasteiger partial charge in [-0.25, -0.2) is 14.4 Å². The van der Waals surface area contributed by atoms with Gasteiger partial charge in [0, 0.05) is 74.3 Å². The van der Waals surface area contributed by atoms with E-state index in [9.17, 15) is 52.7 Å². The van der Waals surface area contributed by atoms with E-state index in [0.717, 1.165) is 62.5 Å². The summed E-state index contributed by atoms with van der Waals surface area (Å²) in [5.74, 6) is -12.2. The number of ether oxygens (including phenoxy) is 19. The van der Waals surface area contributed by atoms with Crippen LogP contribution in [0.4, 0.5) is 0 Å². The minimum Gasteiger partial charge on any atom is -0.463 e. The highest BCUT2D eigenvalue weighted by molar-refractivity contribution is 5.91. The lowest BCUT2D eigenvalue weighted by Gasteiger charge is -2.51. The lowest BCUT2D eigenvalue weighted by molar-refractivity contribution is -0.382. The number of benzene rings is 3. The third-order valence-electron chi connectivity index (χ3n) is 15.0. The Morgan fingerprint density at radius 2 is 0.628 bits per heavy atom. The van der Waals surface area contributed by atoms with Gasteiger partial charge in [0.05, 0.1) is 23.3 Å². The van der Waals surface area contributed by atoms with Crippen molar-refractivity contribution in [3.8, 4) is 0 Å². The van der Waals surface area contributed by atoms with E-state index in [-0.39, 0.29) is 16.7 Å². The maximum Gasteiger partial charge on any atom is 0.338 e. The summed E-state index contributed by atoms with van der Waals surface area (Å²) in [7, 11) is 1.16. The van der Waals surface area contributed by atoms with Crippen molar-refractivity contribution in [3.05, 3.63) is 108 Å². The molecule has 0 amide bonds. The number of hydrogen-bond donors (Lipinski definition) is 0. The molecule has 3 aromatic carbocycles. The highest BCUT2D eigenvalue weighted by Gasteiger charge is 2.60. The summed E-state index contributed by atoms with van der Waals surface area (Å²) in [6.45, 7) is 8.63. The lowest BCUT2D eigenvalue weighted by Crippen LogP contribution is -2.68. The first-order chi connectivity index (χ1) is 44.7. The van der Waals surface area contributed by atoms with E-state index in [4.69, 9.17) is 90.0 Å². The van der Waals surface area contributed by atoms with E-state index >= 15 is 0 Å². The van der Waals surface area contributed by atoms with Crippen LogP contribution < -0.4 is 0 Å². The molecule has 30 heteroatoms. The van der Waals surface area contributed by atoms with E-state index in [2.05, 4.69) is 0 Å². The zero-order valence-electron chi connectivity index (χ0n) is 53.3. The largest absolute Gasteiger partial charge is 0.463 e. The van der Waals surface area contributed by atoms with Crippen LogP contribution in [0.1, 0.15) is 100 Å². The summed E-state index contributed by atoms with van der Waals surface area (Å²) in [5, 5.41) is 0. The summed E-state index contributed by atoms with van der Waals surface area (Å²) >= 11 is 0. The van der Waals surface area contributed by atoms with Crippen LogP contribution in [0.25, 0.3) is 0 Å². The first-order valence-electron chi connectivity index (χ1n) is 29.8. The molecule has 0 spiro atoms. The molecule has 512 valence electrons. The molecule has 0 N–H and O–H groups in total. The molecule has 0 aromatic heterocycles. The predicted molar refractivity (Wildman–Crippen MR) is 310 cm³/mol. The zero-order chi connectivity index (χ0) is 68.5. The number of methoxy groups -OCH3 is 1. The minimum absolute atomic E-state index is 0.0795. The molecule has 0 saturated carbocycles. The second-order valence-corrected chi connectivity index (χ2v) is 22.1. The molecule has 30 nitrogen and oxygen atoms in total. The third-order valence-corrected chi connectivity index (χ3v) is 15.0. The highest BCUT2D eigenvalue weighted by atomic mass is 16.8. The third kappa shape index (κ3) is 19.8. The van der Waals surface area contributed by atoms with Crippen molar-refractivity contribution in [2.75, 3.05) is 33.5 Å². The number of rotatable bonds is 25. The van der Waals surface area contributed by atoms with Gasteiger partial charge in [-0.1, -0.05) is 68.4 Å². The molecule has 4 aliphatic rings. The molecule has 4 heterocycles. The smallest absolute Gasteiger partial charge is 0.338 e. The van der Waals surface area contributed by atoms with E-state index in [1.165, 1.54) is 50.2 Å².